The van der Waals surface area contributed by atoms with Gasteiger partial charge in [-0.15, -0.1) is 0 Å². The molecule has 0 aromatic heterocycles. The van der Waals surface area contributed by atoms with Gasteiger partial charge in [0.1, 0.15) is 0 Å². The predicted molar refractivity (Wildman–Crippen MR) is 95.8 cm³/mol. The first-order valence-corrected chi connectivity index (χ1v) is 9.21. The van der Waals surface area contributed by atoms with E-state index in [4.69, 9.17) is 11.6 Å². The number of halogens is 1. The van der Waals surface area contributed by atoms with Crippen LogP contribution >= 0.6 is 11.6 Å². The third-order valence-corrected chi connectivity index (χ3v) is 5.31. The fourth-order valence-electron chi connectivity index (χ4n) is 2.08. The molecule has 0 aliphatic carbocycles. The summed E-state index contributed by atoms with van der Waals surface area (Å²) in [5.74, 6) is -0.429. The molecule has 0 saturated carbocycles. The lowest BCUT2D eigenvalue weighted by Crippen LogP contribution is -2.41. The van der Waals surface area contributed by atoms with Crippen LogP contribution in [-0.2, 0) is 14.8 Å². The zero-order valence-corrected chi connectivity index (χ0v) is 15.2. The van der Waals surface area contributed by atoms with Crippen LogP contribution in [0.15, 0.2) is 47.4 Å². The Balaban J connectivity index is 2.10. The standard InChI is InChI=1S/C17H19ClN2O3S/c1-11-4-5-12(2)16(10-11)19-17(21)13(3)20-24(22,23)15-8-6-14(18)7-9-15/h4-10,13,20H,1-3H3,(H,19,21)/t13-/m0/s1. The first-order chi connectivity index (χ1) is 11.2. The number of hydrogen-bond acceptors (Lipinski definition) is 3. The summed E-state index contributed by atoms with van der Waals surface area (Å²) in [6, 6.07) is 10.5. The third-order valence-electron chi connectivity index (χ3n) is 3.50. The van der Waals surface area contributed by atoms with Crippen molar-refractivity contribution in [1.29, 1.82) is 0 Å². The Kier molecular flexibility index (Phi) is 5.64. The van der Waals surface area contributed by atoms with Crippen LogP contribution in [-0.4, -0.2) is 20.4 Å². The molecule has 5 nitrogen and oxygen atoms in total. The highest BCUT2D eigenvalue weighted by Crippen LogP contribution is 2.17. The molecule has 0 aliphatic heterocycles. The summed E-state index contributed by atoms with van der Waals surface area (Å²) in [4.78, 5) is 12.3. The van der Waals surface area contributed by atoms with E-state index in [2.05, 4.69) is 10.0 Å². The van der Waals surface area contributed by atoms with Crippen molar-refractivity contribution < 1.29 is 13.2 Å². The van der Waals surface area contributed by atoms with Crippen molar-refractivity contribution in [3.05, 3.63) is 58.6 Å². The normalized spacial score (nSPS) is 12.7. The second-order valence-electron chi connectivity index (χ2n) is 5.60. The number of benzene rings is 2. The van der Waals surface area contributed by atoms with E-state index in [0.29, 0.717) is 10.7 Å². The summed E-state index contributed by atoms with van der Waals surface area (Å²) in [6.07, 6.45) is 0. The van der Waals surface area contributed by atoms with E-state index in [0.717, 1.165) is 11.1 Å². The Labute approximate surface area is 147 Å². The van der Waals surface area contributed by atoms with Crippen LogP contribution in [0.1, 0.15) is 18.1 Å². The van der Waals surface area contributed by atoms with Crippen LogP contribution in [0.2, 0.25) is 5.02 Å². The average Bonchev–Trinajstić information content (AvgIpc) is 2.51. The molecule has 2 aromatic carbocycles. The molecule has 7 heteroatoms. The summed E-state index contributed by atoms with van der Waals surface area (Å²) in [7, 11) is -3.80. The largest absolute Gasteiger partial charge is 0.324 e. The molecule has 0 heterocycles. The summed E-state index contributed by atoms with van der Waals surface area (Å²) in [6.45, 7) is 5.29. The molecule has 0 fully saturated rings. The number of nitrogens with one attached hydrogen (secondary N) is 2. The minimum absolute atomic E-state index is 0.0540. The average molecular weight is 367 g/mol. The summed E-state index contributed by atoms with van der Waals surface area (Å²) in [5, 5.41) is 3.19. The van der Waals surface area contributed by atoms with E-state index >= 15 is 0 Å². The van der Waals surface area contributed by atoms with E-state index in [1.165, 1.54) is 31.2 Å². The lowest BCUT2D eigenvalue weighted by molar-refractivity contribution is -0.117. The van der Waals surface area contributed by atoms with E-state index < -0.39 is 22.0 Å². The zero-order chi connectivity index (χ0) is 17.9. The van der Waals surface area contributed by atoms with Gasteiger partial charge in [0, 0.05) is 10.7 Å². The second kappa shape index (κ2) is 7.34. The Morgan fingerprint density at radius 2 is 1.71 bits per heavy atom. The van der Waals surface area contributed by atoms with Crippen molar-refractivity contribution in [2.75, 3.05) is 5.32 Å². The van der Waals surface area contributed by atoms with Gasteiger partial charge in [-0.05, 0) is 62.2 Å². The highest BCUT2D eigenvalue weighted by molar-refractivity contribution is 7.89. The smallest absolute Gasteiger partial charge is 0.242 e. The summed E-state index contributed by atoms with van der Waals surface area (Å²) >= 11 is 5.76. The summed E-state index contributed by atoms with van der Waals surface area (Å²) in [5.41, 5.74) is 2.57. The van der Waals surface area contributed by atoms with Crippen LogP contribution in [0.25, 0.3) is 0 Å². The van der Waals surface area contributed by atoms with Crippen molar-refractivity contribution in [2.45, 2.75) is 31.7 Å². The summed E-state index contributed by atoms with van der Waals surface area (Å²) < 4.78 is 27.0. The molecule has 0 radical (unpaired) electrons. The Bertz CT molecular complexity index is 849. The van der Waals surface area contributed by atoms with Crippen LogP contribution in [0.5, 0.6) is 0 Å². The predicted octanol–water partition coefficient (Wildman–Crippen LogP) is 3.26. The SMILES string of the molecule is Cc1ccc(C)c(NC(=O)[C@H](C)NS(=O)(=O)c2ccc(Cl)cc2)c1. The molecule has 1 amide bonds. The molecule has 0 unspecified atom stereocenters. The van der Waals surface area contributed by atoms with Gasteiger partial charge in [0.2, 0.25) is 15.9 Å². The molecular formula is C17H19ClN2O3S. The number of aryl methyl sites for hydroxylation is 2. The van der Waals surface area contributed by atoms with E-state index in [-0.39, 0.29) is 4.90 Å². The topological polar surface area (TPSA) is 75.3 Å². The maximum absolute atomic E-state index is 12.3. The number of rotatable bonds is 5. The fourth-order valence-corrected chi connectivity index (χ4v) is 3.41. The van der Waals surface area contributed by atoms with E-state index in [1.807, 2.05) is 32.0 Å². The Morgan fingerprint density at radius 1 is 1.08 bits per heavy atom. The number of sulfonamides is 1. The highest BCUT2D eigenvalue weighted by Gasteiger charge is 2.22. The number of carbonyl (C=O) groups excluding carboxylic acids is 1. The van der Waals surface area contributed by atoms with Gasteiger partial charge in [0.15, 0.2) is 0 Å². The van der Waals surface area contributed by atoms with Gasteiger partial charge in [-0.3, -0.25) is 4.79 Å². The maximum Gasteiger partial charge on any atom is 0.242 e. The minimum Gasteiger partial charge on any atom is -0.324 e. The van der Waals surface area contributed by atoms with Gasteiger partial charge in [-0.1, -0.05) is 23.7 Å². The third kappa shape index (κ3) is 4.56. The molecule has 24 heavy (non-hydrogen) atoms. The first kappa shape index (κ1) is 18.4. The van der Waals surface area contributed by atoms with E-state index in [1.54, 1.807) is 0 Å². The van der Waals surface area contributed by atoms with Crippen molar-refractivity contribution in [2.24, 2.45) is 0 Å². The van der Waals surface area contributed by atoms with Gasteiger partial charge in [0.05, 0.1) is 10.9 Å². The lowest BCUT2D eigenvalue weighted by atomic mass is 10.1. The fraction of sp³-hybridized carbons (Fsp3) is 0.235. The van der Waals surface area contributed by atoms with Gasteiger partial charge in [-0.25, -0.2) is 8.42 Å². The molecule has 2 N–H and O–H groups in total. The highest BCUT2D eigenvalue weighted by atomic mass is 35.5. The van der Waals surface area contributed by atoms with Gasteiger partial charge >= 0.3 is 0 Å². The molecule has 2 aromatic rings. The van der Waals surface area contributed by atoms with Gasteiger partial charge < -0.3 is 5.32 Å². The van der Waals surface area contributed by atoms with Gasteiger partial charge in [0.25, 0.3) is 0 Å². The Morgan fingerprint density at radius 3 is 2.33 bits per heavy atom. The van der Waals surface area contributed by atoms with Crippen molar-refractivity contribution in [3.63, 3.8) is 0 Å². The van der Waals surface area contributed by atoms with Crippen LogP contribution < -0.4 is 10.0 Å². The number of carbonyl (C=O) groups is 1. The quantitative estimate of drug-likeness (QED) is 0.852. The van der Waals surface area contributed by atoms with Crippen LogP contribution in [0.3, 0.4) is 0 Å². The van der Waals surface area contributed by atoms with Crippen LogP contribution in [0.4, 0.5) is 5.69 Å². The zero-order valence-electron chi connectivity index (χ0n) is 13.6. The monoisotopic (exact) mass is 366 g/mol. The Hall–Kier alpha value is -1.89. The molecule has 1 atom stereocenters. The molecule has 0 aliphatic rings. The maximum atomic E-state index is 12.3. The molecule has 2 rings (SSSR count). The molecule has 0 spiro atoms. The van der Waals surface area contributed by atoms with Crippen LogP contribution in [0, 0.1) is 13.8 Å². The van der Waals surface area contributed by atoms with Crippen molar-refractivity contribution >= 4 is 33.2 Å². The van der Waals surface area contributed by atoms with Gasteiger partial charge in [-0.2, -0.15) is 4.72 Å². The van der Waals surface area contributed by atoms with Crippen molar-refractivity contribution in [3.8, 4) is 0 Å². The minimum atomic E-state index is -3.80. The van der Waals surface area contributed by atoms with Crippen molar-refractivity contribution in [1.82, 2.24) is 4.72 Å². The first-order valence-electron chi connectivity index (χ1n) is 7.35. The van der Waals surface area contributed by atoms with E-state index in [9.17, 15) is 13.2 Å². The number of amides is 1. The molecule has 0 saturated heterocycles. The number of anilines is 1. The number of hydrogen-bond donors (Lipinski definition) is 2. The molecular weight excluding hydrogens is 348 g/mol. The molecule has 128 valence electrons. The molecule has 0 bridgehead atoms. The lowest BCUT2D eigenvalue weighted by Gasteiger charge is -2.16. The second-order valence-corrected chi connectivity index (χ2v) is 7.75.